The zero-order valence-electron chi connectivity index (χ0n) is 16.4. The summed E-state index contributed by atoms with van der Waals surface area (Å²) in [6, 6.07) is 0.384. The highest BCUT2D eigenvalue weighted by Crippen LogP contribution is 2.42. The summed E-state index contributed by atoms with van der Waals surface area (Å²) >= 11 is 0. The summed E-state index contributed by atoms with van der Waals surface area (Å²) in [7, 11) is 0. The maximum Gasteiger partial charge on any atom is 0.0609 e. The summed E-state index contributed by atoms with van der Waals surface area (Å²) in [6.07, 6.45) is 19.5. The van der Waals surface area contributed by atoms with E-state index in [1.54, 1.807) is 11.1 Å². The van der Waals surface area contributed by atoms with Crippen LogP contribution in [0, 0.1) is 17.8 Å². The predicted molar refractivity (Wildman–Crippen MR) is 110 cm³/mol. The molecule has 0 aromatic rings. The molecule has 0 bridgehead atoms. The molecule has 0 radical (unpaired) electrons. The molecule has 3 rings (SSSR count). The Labute approximate surface area is 154 Å². The van der Waals surface area contributed by atoms with E-state index in [4.69, 9.17) is 4.99 Å². The van der Waals surface area contributed by atoms with E-state index >= 15 is 0 Å². The summed E-state index contributed by atoms with van der Waals surface area (Å²) in [5.74, 6) is 2.06. The van der Waals surface area contributed by atoms with Crippen molar-refractivity contribution in [1.82, 2.24) is 0 Å². The molecule has 0 amide bonds. The van der Waals surface area contributed by atoms with E-state index in [2.05, 4.69) is 51.7 Å². The van der Waals surface area contributed by atoms with Crippen LogP contribution in [0.2, 0.25) is 0 Å². The third-order valence-electron chi connectivity index (χ3n) is 6.41. The Balaban J connectivity index is 1.90. The first-order valence-electron chi connectivity index (χ1n) is 10.4. The Bertz CT molecular complexity index is 616. The van der Waals surface area contributed by atoms with Crippen LogP contribution in [0.4, 0.5) is 0 Å². The molecule has 0 aromatic heterocycles. The molecule has 0 heterocycles. The molecular formula is C24H35N. The normalized spacial score (nSPS) is 33.2. The van der Waals surface area contributed by atoms with Gasteiger partial charge < -0.3 is 0 Å². The number of aliphatic imine (C=N–C) groups is 1. The molecule has 25 heavy (non-hydrogen) atoms. The van der Waals surface area contributed by atoms with Crippen LogP contribution in [0.5, 0.6) is 0 Å². The van der Waals surface area contributed by atoms with Crippen LogP contribution in [0.3, 0.4) is 0 Å². The molecule has 0 spiro atoms. The highest BCUT2D eigenvalue weighted by Gasteiger charge is 2.30. The quantitative estimate of drug-likeness (QED) is 0.498. The largest absolute Gasteiger partial charge is 0.282 e. The summed E-state index contributed by atoms with van der Waals surface area (Å²) in [4.78, 5) is 5.04. The third kappa shape index (κ3) is 4.43. The lowest BCUT2D eigenvalue weighted by Crippen LogP contribution is -2.25. The van der Waals surface area contributed by atoms with Crippen molar-refractivity contribution in [3.63, 3.8) is 0 Å². The molecule has 0 fully saturated rings. The highest BCUT2D eigenvalue weighted by molar-refractivity contribution is 6.10. The Morgan fingerprint density at radius 2 is 2.04 bits per heavy atom. The zero-order chi connectivity index (χ0) is 17.8. The van der Waals surface area contributed by atoms with Gasteiger partial charge in [0.15, 0.2) is 0 Å². The molecule has 0 saturated carbocycles. The topological polar surface area (TPSA) is 12.4 Å². The lowest BCUT2D eigenvalue weighted by Gasteiger charge is -2.34. The first-order valence-corrected chi connectivity index (χ1v) is 10.4. The number of hydrogen-bond donors (Lipinski definition) is 0. The maximum atomic E-state index is 5.04. The Morgan fingerprint density at radius 3 is 2.68 bits per heavy atom. The molecule has 4 unspecified atom stereocenters. The van der Waals surface area contributed by atoms with E-state index in [9.17, 15) is 0 Å². The van der Waals surface area contributed by atoms with Crippen LogP contribution in [0.1, 0.15) is 72.1 Å². The van der Waals surface area contributed by atoms with Gasteiger partial charge in [0.1, 0.15) is 0 Å². The average molecular weight is 338 g/mol. The maximum absolute atomic E-state index is 5.04. The van der Waals surface area contributed by atoms with E-state index in [0.29, 0.717) is 17.9 Å². The number of allylic oxidation sites excluding steroid dienone is 7. The van der Waals surface area contributed by atoms with Gasteiger partial charge >= 0.3 is 0 Å². The van der Waals surface area contributed by atoms with E-state index in [0.717, 1.165) is 12.3 Å². The van der Waals surface area contributed by atoms with Crippen molar-refractivity contribution in [2.45, 2.75) is 78.2 Å². The van der Waals surface area contributed by atoms with Gasteiger partial charge in [-0.3, -0.25) is 4.99 Å². The first kappa shape index (κ1) is 18.4. The van der Waals surface area contributed by atoms with Crippen molar-refractivity contribution >= 4 is 5.71 Å². The molecule has 3 aliphatic carbocycles. The number of hydrogen-bond acceptors (Lipinski definition) is 1. The van der Waals surface area contributed by atoms with Crippen LogP contribution in [0.25, 0.3) is 0 Å². The van der Waals surface area contributed by atoms with Gasteiger partial charge in [0.25, 0.3) is 0 Å². The fourth-order valence-electron chi connectivity index (χ4n) is 4.39. The minimum absolute atomic E-state index is 0.384. The van der Waals surface area contributed by atoms with E-state index < -0.39 is 0 Å². The standard InChI is InChI=1S/C24H35N/c1-5-18(3)25-24-16-22(20-9-7-6-8-10-20)15-23(19(24)4)21-13-11-17(2)12-14-21/h6-7,13,16-18,20,23H,4-5,8-12,14-15H2,1-3H3/b25-24-. The number of rotatable bonds is 4. The van der Waals surface area contributed by atoms with Crippen molar-refractivity contribution in [2.24, 2.45) is 22.7 Å². The van der Waals surface area contributed by atoms with E-state index in [-0.39, 0.29) is 0 Å². The molecule has 0 saturated heterocycles. The second-order valence-corrected chi connectivity index (χ2v) is 8.41. The predicted octanol–water partition coefficient (Wildman–Crippen LogP) is 6.83. The van der Waals surface area contributed by atoms with Gasteiger partial charge in [-0.15, -0.1) is 0 Å². The van der Waals surface area contributed by atoms with Crippen LogP contribution in [-0.4, -0.2) is 11.8 Å². The van der Waals surface area contributed by atoms with Crippen molar-refractivity contribution < 1.29 is 0 Å². The van der Waals surface area contributed by atoms with Crippen molar-refractivity contribution in [3.8, 4) is 0 Å². The van der Waals surface area contributed by atoms with Gasteiger partial charge in [-0.2, -0.15) is 0 Å². The lowest BCUT2D eigenvalue weighted by molar-refractivity contribution is 0.471. The van der Waals surface area contributed by atoms with Crippen LogP contribution in [-0.2, 0) is 0 Å². The molecule has 1 heteroatoms. The summed E-state index contributed by atoms with van der Waals surface area (Å²) in [6.45, 7) is 11.3. The first-order chi connectivity index (χ1) is 12.1. The fourth-order valence-corrected chi connectivity index (χ4v) is 4.39. The minimum Gasteiger partial charge on any atom is -0.282 e. The van der Waals surface area contributed by atoms with Gasteiger partial charge in [-0.1, -0.05) is 49.8 Å². The molecule has 4 atom stereocenters. The molecular weight excluding hydrogens is 302 g/mol. The van der Waals surface area contributed by atoms with Crippen molar-refractivity contribution in [3.05, 3.63) is 47.6 Å². The Kier molecular flexibility index (Phi) is 6.15. The van der Waals surface area contributed by atoms with Crippen molar-refractivity contribution in [2.75, 3.05) is 0 Å². The SMILES string of the molecule is C=C1/C(=N\C(C)CC)C=C(C2CC=CCC2)CC1C1=CCC(C)CC1. The number of nitrogens with zero attached hydrogens (tertiary/aromatic N) is 1. The second-order valence-electron chi connectivity index (χ2n) is 8.41. The Hall–Kier alpha value is -1.37. The van der Waals surface area contributed by atoms with Gasteiger partial charge in [0.05, 0.1) is 5.71 Å². The van der Waals surface area contributed by atoms with Crippen molar-refractivity contribution in [1.29, 1.82) is 0 Å². The summed E-state index contributed by atoms with van der Waals surface area (Å²) in [5.41, 5.74) is 5.73. The minimum atomic E-state index is 0.384. The summed E-state index contributed by atoms with van der Waals surface area (Å²) in [5, 5.41) is 0. The highest BCUT2D eigenvalue weighted by atomic mass is 14.8. The van der Waals surface area contributed by atoms with Gasteiger partial charge in [0.2, 0.25) is 0 Å². The van der Waals surface area contributed by atoms with Crippen LogP contribution in [0.15, 0.2) is 52.6 Å². The zero-order valence-corrected chi connectivity index (χ0v) is 16.4. The van der Waals surface area contributed by atoms with Gasteiger partial charge in [-0.05, 0) is 81.8 Å². The third-order valence-corrected chi connectivity index (χ3v) is 6.41. The monoisotopic (exact) mass is 337 g/mol. The average Bonchev–Trinajstić information content (AvgIpc) is 2.65. The molecule has 136 valence electrons. The van der Waals surface area contributed by atoms with Crippen LogP contribution < -0.4 is 0 Å². The van der Waals surface area contributed by atoms with Gasteiger partial charge in [0, 0.05) is 12.0 Å². The van der Waals surface area contributed by atoms with E-state index in [1.807, 2.05) is 0 Å². The molecule has 3 aliphatic rings. The van der Waals surface area contributed by atoms with Gasteiger partial charge in [-0.25, -0.2) is 0 Å². The molecule has 0 aliphatic heterocycles. The molecule has 1 nitrogen and oxygen atoms in total. The molecule has 0 N–H and O–H groups in total. The van der Waals surface area contributed by atoms with Crippen LogP contribution >= 0.6 is 0 Å². The second kappa shape index (κ2) is 8.34. The molecule has 0 aromatic carbocycles. The smallest absolute Gasteiger partial charge is 0.0609 e. The van der Waals surface area contributed by atoms with E-state index in [1.165, 1.54) is 56.2 Å². The Morgan fingerprint density at radius 1 is 1.20 bits per heavy atom. The fraction of sp³-hybridized carbons (Fsp3) is 0.625. The summed E-state index contributed by atoms with van der Waals surface area (Å²) < 4.78 is 0. The lowest BCUT2D eigenvalue weighted by atomic mass is 9.71.